The fourth-order valence-electron chi connectivity index (χ4n) is 2.83. The number of hydrogen-bond donors (Lipinski definition) is 2. The average molecular weight is 352 g/mol. The molecule has 1 unspecified atom stereocenters. The topological polar surface area (TPSA) is 67.4 Å². The van der Waals surface area contributed by atoms with Crippen LogP contribution >= 0.6 is 0 Å². The van der Waals surface area contributed by atoms with E-state index in [-0.39, 0.29) is 17.2 Å². The summed E-state index contributed by atoms with van der Waals surface area (Å²) in [5.74, 6) is 0.289. The van der Waals surface area contributed by atoms with Gasteiger partial charge in [0.2, 0.25) is 0 Å². The van der Waals surface area contributed by atoms with Crippen molar-refractivity contribution in [1.29, 1.82) is 0 Å². The van der Waals surface area contributed by atoms with Crippen LogP contribution in [-0.2, 0) is 16.8 Å². The number of ether oxygens (including phenoxy) is 1. The SMILES string of the molecule is CC(Oc1cccc(C(C)(C)C)c1)C(=O)Nc1ccc2c(c1)C(=O)NC2. The van der Waals surface area contributed by atoms with Crippen molar-refractivity contribution in [3.8, 4) is 5.75 Å². The number of anilines is 1. The highest BCUT2D eigenvalue weighted by molar-refractivity contribution is 6.01. The van der Waals surface area contributed by atoms with E-state index in [1.165, 1.54) is 0 Å². The molecule has 3 rings (SSSR count). The van der Waals surface area contributed by atoms with Crippen molar-refractivity contribution in [2.24, 2.45) is 0 Å². The Hall–Kier alpha value is -2.82. The second-order valence-electron chi connectivity index (χ2n) is 7.58. The summed E-state index contributed by atoms with van der Waals surface area (Å²) in [6.07, 6.45) is -0.660. The molecule has 1 atom stereocenters. The van der Waals surface area contributed by atoms with Gasteiger partial charge >= 0.3 is 0 Å². The molecule has 0 fully saturated rings. The molecular formula is C21H24N2O3. The van der Waals surface area contributed by atoms with Gasteiger partial charge in [0.05, 0.1) is 0 Å². The Morgan fingerprint density at radius 2 is 1.96 bits per heavy atom. The zero-order valence-corrected chi connectivity index (χ0v) is 15.6. The second kappa shape index (κ2) is 6.83. The molecule has 5 nitrogen and oxygen atoms in total. The van der Waals surface area contributed by atoms with Crippen LogP contribution in [-0.4, -0.2) is 17.9 Å². The minimum Gasteiger partial charge on any atom is -0.481 e. The van der Waals surface area contributed by atoms with Gasteiger partial charge in [0.1, 0.15) is 5.75 Å². The molecule has 1 heterocycles. The third-order valence-corrected chi connectivity index (χ3v) is 4.44. The average Bonchev–Trinajstić information content (AvgIpc) is 2.95. The van der Waals surface area contributed by atoms with Gasteiger partial charge in [-0.1, -0.05) is 39.0 Å². The molecule has 2 amide bonds. The third-order valence-electron chi connectivity index (χ3n) is 4.44. The maximum atomic E-state index is 12.4. The third kappa shape index (κ3) is 3.87. The van der Waals surface area contributed by atoms with Crippen LogP contribution in [0.4, 0.5) is 5.69 Å². The lowest BCUT2D eigenvalue weighted by Crippen LogP contribution is -2.30. The summed E-state index contributed by atoms with van der Waals surface area (Å²) in [5.41, 5.74) is 3.29. The lowest BCUT2D eigenvalue weighted by molar-refractivity contribution is -0.122. The van der Waals surface area contributed by atoms with Gasteiger partial charge in [-0.15, -0.1) is 0 Å². The Balaban J connectivity index is 1.67. The molecule has 2 aromatic rings. The van der Waals surface area contributed by atoms with E-state index in [2.05, 4.69) is 31.4 Å². The van der Waals surface area contributed by atoms with Crippen LogP contribution < -0.4 is 15.4 Å². The van der Waals surface area contributed by atoms with E-state index >= 15 is 0 Å². The first kappa shape index (κ1) is 18.0. The molecule has 0 saturated heterocycles. The standard InChI is InChI=1S/C21H24N2O3/c1-13(26-17-7-5-6-15(10-17)21(2,3)4)19(24)23-16-9-8-14-12-22-20(25)18(14)11-16/h5-11,13H,12H2,1-4H3,(H,22,25)(H,23,24). The van der Waals surface area contributed by atoms with Gasteiger partial charge in [-0.3, -0.25) is 9.59 Å². The van der Waals surface area contributed by atoms with Crippen LogP contribution in [0.2, 0.25) is 0 Å². The lowest BCUT2D eigenvalue weighted by atomic mass is 9.87. The number of amides is 2. The van der Waals surface area contributed by atoms with Crippen LogP contribution in [0, 0.1) is 0 Å². The second-order valence-corrected chi connectivity index (χ2v) is 7.58. The molecule has 1 aliphatic rings. The van der Waals surface area contributed by atoms with E-state index < -0.39 is 6.10 Å². The molecule has 2 N–H and O–H groups in total. The summed E-state index contributed by atoms with van der Waals surface area (Å²) in [4.78, 5) is 24.2. The largest absolute Gasteiger partial charge is 0.481 e. The van der Waals surface area contributed by atoms with Crippen molar-refractivity contribution in [1.82, 2.24) is 5.32 Å². The number of hydrogen-bond acceptors (Lipinski definition) is 3. The van der Waals surface area contributed by atoms with Crippen molar-refractivity contribution < 1.29 is 14.3 Å². The Labute approximate surface area is 153 Å². The maximum Gasteiger partial charge on any atom is 0.265 e. The summed E-state index contributed by atoms with van der Waals surface area (Å²) < 4.78 is 5.81. The molecule has 0 spiro atoms. The van der Waals surface area contributed by atoms with E-state index in [0.29, 0.717) is 23.5 Å². The van der Waals surface area contributed by atoms with Crippen LogP contribution in [0.5, 0.6) is 5.75 Å². The molecule has 0 aliphatic carbocycles. The first-order valence-corrected chi connectivity index (χ1v) is 8.73. The number of benzene rings is 2. The Morgan fingerprint density at radius 1 is 1.19 bits per heavy atom. The van der Waals surface area contributed by atoms with Gasteiger partial charge in [0.25, 0.3) is 11.8 Å². The number of fused-ring (bicyclic) bond motifs is 1. The monoisotopic (exact) mass is 352 g/mol. The normalized spacial score (nSPS) is 14.4. The van der Waals surface area contributed by atoms with Crippen LogP contribution in [0.3, 0.4) is 0 Å². The first-order valence-electron chi connectivity index (χ1n) is 8.73. The minimum absolute atomic E-state index is 0.00978. The number of rotatable bonds is 4. The quantitative estimate of drug-likeness (QED) is 0.883. The van der Waals surface area contributed by atoms with Crippen molar-refractivity contribution in [3.63, 3.8) is 0 Å². The number of carbonyl (C=O) groups excluding carboxylic acids is 2. The van der Waals surface area contributed by atoms with Crippen molar-refractivity contribution in [2.75, 3.05) is 5.32 Å². The van der Waals surface area contributed by atoms with Gasteiger partial charge in [0.15, 0.2) is 6.10 Å². The van der Waals surface area contributed by atoms with Gasteiger partial charge in [-0.25, -0.2) is 0 Å². The summed E-state index contributed by atoms with van der Waals surface area (Å²) in [7, 11) is 0. The molecule has 26 heavy (non-hydrogen) atoms. The maximum absolute atomic E-state index is 12.4. The molecule has 0 radical (unpaired) electrons. The fraction of sp³-hybridized carbons (Fsp3) is 0.333. The molecule has 0 bridgehead atoms. The van der Waals surface area contributed by atoms with Gasteiger partial charge < -0.3 is 15.4 Å². The minimum atomic E-state index is -0.660. The zero-order valence-electron chi connectivity index (χ0n) is 15.6. The summed E-state index contributed by atoms with van der Waals surface area (Å²) in [5, 5.41) is 5.58. The lowest BCUT2D eigenvalue weighted by Gasteiger charge is -2.21. The van der Waals surface area contributed by atoms with Crippen molar-refractivity contribution in [3.05, 3.63) is 59.2 Å². The van der Waals surface area contributed by atoms with E-state index in [9.17, 15) is 9.59 Å². The molecule has 1 aliphatic heterocycles. The predicted molar refractivity (Wildman–Crippen MR) is 101 cm³/mol. The van der Waals surface area contributed by atoms with Gasteiger partial charge in [-0.2, -0.15) is 0 Å². The highest BCUT2D eigenvalue weighted by Gasteiger charge is 2.21. The summed E-state index contributed by atoms with van der Waals surface area (Å²) in [6, 6.07) is 13.1. The van der Waals surface area contributed by atoms with Gasteiger partial charge in [0, 0.05) is 17.8 Å². The fourth-order valence-corrected chi connectivity index (χ4v) is 2.83. The smallest absolute Gasteiger partial charge is 0.265 e. The molecule has 136 valence electrons. The Bertz CT molecular complexity index is 853. The molecular weight excluding hydrogens is 328 g/mol. The summed E-state index contributed by atoms with van der Waals surface area (Å²) >= 11 is 0. The summed E-state index contributed by atoms with van der Waals surface area (Å²) in [6.45, 7) is 8.63. The molecule has 2 aromatic carbocycles. The highest BCUT2D eigenvalue weighted by Crippen LogP contribution is 2.26. The number of carbonyl (C=O) groups is 2. The van der Waals surface area contributed by atoms with E-state index in [1.807, 2.05) is 30.3 Å². The predicted octanol–water partition coefficient (Wildman–Crippen LogP) is 3.63. The Morgan fingerprint density at radius 3 is 2.69 bits per heavy atom. The van der Waals surface area contributed by atoms with E-state index in [1.54, 1.807) is 19.1 Å². The van der Waals surface area contributed by atoms with Crippen LogP contribution in [0.15, 0.2) is 42.5 Å². The van der Waals surface area contributed by atoms with E-state index in [4.69, 9.17) is 4.74 Å². The molecule has 0 saturated carbocycles. The van der Waals surface area contributed by atoms with E-state index in [0.717, 1.165) is 11.1 Å². The van der Waals surface area contributed by atoms with Crippen molar-refractivity contribution in [2.45, 2.75) is 45.8 Å². The molecule has 0 aromatic heterocycles. The zero-order chi connectivity index (χ0) is 18.9. The van der Waals surface area contributed by atoms with Crippen LogP contribution in [0.1, 0.15) is 49.2 Å². The highest BCUT2D eigenvalue weighted by atomic mass is 16.5. The molecule has 5 heteroatoms. The number of nitrogens with one attached hydrogen (secondary N) is 2. The van der Waals surface area contributed by atoms with Crippen molar-refractivity contribution >= 4 is 17.5 Å². The Kier molecular flexibility index (Phi) is 4.72. The van der Waals surface area contributed by atoms with Crippen LogP contribution in [0.25, 0.3) is 0 Å². The van der Waals surface area contributed by atoms with Gasteiger partial charge in [-0.05, 0) is 47.7 Å². The first-order chi connectivity index (χ1) is 12.2.